The van der Waals surface area contributed by atoms with Gasteiger partial charge in [0.15, 0.2) is 0 Å². The lowest BCUT2D eigenvalue weighted by molar-refractivity contribution is -0.123. The summed E-state index contributed by atoms with van der Waals surface area (Å²) in [5.74, 6) is 0.807. The number of likely N-dealkylation sites (tertiary alicyclic amines) is 1. The minimum absolute atomic E-state index is 0.101. The smallest absolute Gasteiger partial charge is 0.252 e. The quantitative estimate of drug-likeness (QED) is 0.496. The van der Waals surface area contributed by atoms with E-state index in [0.29, 0.717) is 14.5 Å². The molecule has 0 aromatic carbocycles. The van der Waals surface area contributed by atoms with Gasteiger partial charge in [-0.05, 0) is 86.7 Å². The van der Waals surface area contributed by atoms with Crippen LogP contribution < -0.4 is 0 Å². The molecule has 5 rings (SSSR count). The summed E-state index contributed by atoms with van der Waals surface area (Å²) in [5.41, 5.74) is 5.59. The monoisotopic (exact) mass is 478 g/mol. The van der Waals surface area contributed by atoms with Gasteiger partial charge in [0.25, 0.3) is 5.91 Å². The van der Waals surface area contributed by atoms with Crippen molar-refractivity contribution in [3.63, 3.8) is 0 Å². The second kappa shape index (κ2) is 11.0. The van der Waals surface area contributed by atoms with E-state index in [2.05, 4.69) is 72.6 Å². The van der Waals surface area contributed by atoms with Crippen molar-refractivity contribution in [3.05, 3.63) is 65.3 Å². The normalized spacial score (nSPS) is 21.9. The van der Waals surface area contributed by atoms with E-state index in [4.69, 9.17) is 0 Å². The molecule has 1 amide bonds. The molecule has 3 aliphatic rings. The SMILES string of the molecule is CCC.CCCN1CCC(C2=CN3C(=O)C=C(c4cc(C)c5nc(C)cn5c4)PC3C=C2)CC1. The van der Waals surface area contributed by atoms with Crippen molar-refractivity contribution in [1.29, 1.82) is 0 Å². The highest BCUT2D eigenvalue weighted by Crippen LogP contribution is 2.45. The van der Waals surface area contributed by atoms with E-state index in [0.717, 1.165) is 27.8 Å². The number of nitrogens with zero attached hydrogens (tertiary/aromatic N) is 4. The first kappa shape index (κ1) is 24.9. The zero-order valence-corrected chi connectivity index (χ0v) is 22.3. The molecule has 6 heteroatoms. The fourth-order valence-corrected chi connectivity index (χ4v) is 6.41. The average Bonchev–Trinajstić information content (AvgIpc) is 3.21. The van der Waals surface area contributed by atoms with Gasteiger partial charge in [-0.2, -0.15) is 0 Å². The second-order valence-corrected chi connectivity index (χ2v) is 11.1. The van der Waals surface area contributed by atoms with Crippen LogP contribution in [0.2, 0.25) is 0 Å². The molecule has 182 valence electrons. The first-order chi connectivity index (χ1) is 16.4. The lowest BCUT2D eigenvalue weighted by Crippen LogP contribution is -2.38. The Balaban J connectivity index is 0.000000868. The Kier molecular flexibility index (Phi) is 8.06. The van der Waals surface area contributed by atoms with Crippen molar-refractivity contribution in [3.8, 4) is 0 Å². The topological polar surface area (TPSA) is 40.8 Å². The maximum absolute atomic E-state index is 13.1. The molecule has 2 aromatic heterocycles. The third kappa shape index (κ3) is 5.37. The van der Waals surface area contributed by atoms with Gasteiger partial charge in [0, 0.05) is 24.7 Å². The lowest BCUT2D eigenvalue weighted by atomic mass is 9.88. The van der Waals surface area contributed by atoms with E-state index in [-0.39, 0.29) is 11.7 Å². The largest absolute Gasteiger partial charge is 0.306 e. The summed E-state index contributed by atoms with van der Waals surface area (Å²) in [6.07, 6.45) is 17.5. The Morgan fingerprint density at radius 1 is 1.12 bits per heavy atom. The summed E-state index contributed by atoms with van der Waals surface area (Å²) >= 11 is 0. The van der Waals surface area contributed by atoms with Crippen LogP contribution in [0.3, 0.4) is 0 Å². The van der Waals surface area contributed by atoms with Gasteiger partial charge in [-0.15, -0.1) is 0 Å². The maximum Gasteiger partial charge on any atom is 0.252 e. The number of rotatable bonds is 4. The number of hydrogen-bond donors (Lipinski definition) is 0. The predicted molar refractivity (Wildman–Crippen MR) is 144 cm³/mol. The molecule has 1 fully saturated rings. The standard InChI is InChI=1S/C25H31N4OP.C3H8/c1-4-9-27-10-7-19(8-11-27)20-5-6-24-29(16-20)23(30)13-22(31-24)21-12-17(2)25-26-18(3)14-28(25)15-21;1-3-2/h5-6,12-16,19,24,31H,4,7-11H2,1-3H3;3H2,1-2H3. The van der Waals surface area contributed by atoms with Crippen molar-refractivity contribution in [2.24, 2.45) is 5.92 Å². The Labute approximate surface area is 206 Å². The van der Waals surface area contributed by atoms with Gasteiger partial charge >= 0.3 is 0 Å². The molecule has 5 nitrogen and oxygen atoms in total. The van der Waals surface area contributed by atoms with Crippen LogP contribution in [-0.4, -0.2) is 50.5 Å². The van der Waals surface area contributed by atoms with E-state index in [1.165, 1.54) is 50.9 Å². The Morgan fingerprint density at radius 2 is 1.85 bits per heavy atom. The van der Waals surface area contributed by atoms with Gasteiger partial charge in [-0.3, -0.25) is 4.79 Å². The predicted octanol–water partition coefficient (Wildman–Crippen LogP) is 6.13. The van der Waals surface area contributed by atoms with E-state index in [1.54, 1.807) is 0 Å². The molecular weight excluding hydrogens is 439 g/mol. The summed E-state index contributed by atoms with van der Waals surface area (Å²) in [5, 5.41) is 1.14. The molecule has 2 atom stereocenters. The fraction of sp³-hybridized carbons (Fsp3) is 0.500. The Morgan fingerprint density at radius 3 is 2.56 bits per heavy atom. The number of carbonyl (C=O) groups excluding carboxylic acids is 1. The summed E-state index contributed by atoms with van der Waals surface area (Å²) in [6, 6.07) is 2.17. The highest BCUT2D eigenvalue weighted by Gasteiger charge is 2.31. The zero-order chi connectivity index (χ0) is 24.2. The number of piperidine rings is 1. The third-order valence-corrected chi connectivity index (χ3v) is 8.16. The molecule has 0 bridgehead atoms. The Hall–Kier alpha value is -2.23. The molecule has 3 aliphatic heterocycles. The van der Waals surface area contributed by atoms with Crippen molar-refractivity contribution in [1.82, 2.24) is 19.2 Å². The molecule has 0 spiro atoms. The van der Waals surface area contributed by atoms with E-state index in [9.17, 15) is 4.79 Å². The first-order valence-electron chi connectivity index (χ1n) is 12.8. The molecule has 0 aliphatic carbocycles. The number of imidazole rings is 1. The average molecular weight is 479 g/mol. The highest BCUT2D eigenvalue weighted by atomic mass is 31.1. The maximum atomic E-state index is 13.1. The van der Waals surface area contributed by atoms with Crippen molar-refractivity contribution >= 4 is 25.4 Å². The lowest BCUT2D eigenvalue weighted by Gasteiger charge is -2.37. The van der Waals surface area contributed by atoms with Gasteiger partial charge in [0.2, 0.25) is 0 Å². The van der Waals surface area contributed by atoms with Crippen molar-refractivity contribution < 1.29 is 4.79 Å². The summed E-state index contributed by atoms with van der Waals surface area (Å²) in [4.78, 5) is 22.2. The molecule has 2 aromatic rings. The molecular formula is C28H39N4OP. The second-order valence-electron chi connectivity index (χ2n) is 9.73. The summed E-state index contributed by atoms with van der Waals surface area (Å²) in [7, 11) is 0.547. The van der Waals surface area contributed by atoms with Gasteiger partial charge < -0.3 is 14.2 Å². The highest BCUT2D eigenvalue weighted by molar-refractivity contribution is 7.51. The molecule has 1 saturated heterocycles. The van der Waals surface area contributed by atoms with Gasteiger partial charge in [-0.1, -0.05) is 47.9 Å². The molecule has 0 saturated carbocycles. The van der Waals surface area contributed by atoms with Crippen molar-refractivity contribution in [2.75, 3.05) is 19.6 Å². The van der Waals surface area contributed by atoms with Crippen molar-refractivity contribution in [2.45, 2.75) is 66.1 Å². The molecule has 0 N–H and O–H groups in total. The number of amides is 1. The van der Waals surface area contributed by atoms with Crippen LogP contribution in [0, 0.1) is 19.8 Å². The number of aromatic nitrogens is 2. The van der Waals surface area contributed by atoms with Crippen LogP contribution >= 0.6 is 8.58 Å². The van der Waals surface area contributed by atoms with Crippen LogP contribution in [0.4, 0.5) is 0 Å². The summed E-state index contributed by atoms with van der Waals surface area (Å²) < 4.78 is 2.09. The van der Waals surface area contributed by atoms with Gasteiger partial charge in [-0.25, -0.2) is 4.98 Å². The van der Waals surface area contributed by atoms with Gasteiger partial charge in [0.1, 0.15) is 5.65 Å². The molecule has 5 heterocycles. The number of fused-ring (bicyclic) bond motifs is 2. The minimum Gasteiger partial charge on any atom is -0.306 e. The van der Waals surface area contributed by atoms with E-state index in [1.807, 2.05) is 24.1 Å². The van der Waals surface area contributed by atoms with Crippen LogP contribution in [0.15, 0.2) is 48.5 Å². The fourth-order valence-electron chi connectivity index (χ4n) is 5.05. The zero-order valence-electron chi connectivity index (χ0n) is 21.3. The molecule has 2 unspecified atom stereocenters. The van der Waals surface area contributed by atoms with Crippen LogP contribution in [-0.2, 0) is 4.79 Å². The number of hydrogen-bond acceptors (Lipinski definition) is 3. The van der Waals surface area contributed by atoms with Crippen LogP contribution in [0.25, 0.3) is 11.0 Å². The molecule has 0 radical (unpaired) electrons. The molecule has 34 heavy (non-hydrogen) atoms. The number of allylic oxidation sites excluding steroid dienone is 2. The number of pyridine rings is 1. The van der Waals surface area contributed by atoms with Crippen LogP contribution in [0.5, 0.6) is 0 Å². The van der Waals surface area contributed by atoms with Crippen LogP contribution in [0.1, 0.15) is 63.3 Å². The number of carbonyl (C=O) groups is 1. The minimum atomic E-state index is 0.101. The van der Waals surface area contributed by atoms with Gasteiger partial charge in [0.05, 0.1) is 11.5 Å². The first-order valence-corrected chi connectivity index (χ1v) is 13.9. The Bertz CT molecular complexity index is 1120. The number of aryl methyl sites for hydroxylation is 2. The van der Waals surface area contributed by atoms with E-state index >= 15 is 0 Å². The third-order valence-electron chi connectivity index (χ3n) is 6.65. The summed E-state index contributed by atoms with van der Waals surface area (Å²) in [6.45, 7) is 14.1. The van der Waals surface area contributed by atoms with E-state index < -0.39 is 0 Å².